The molecule has 1 nitrogen and oxygen atoms in total. The van der Waals surface area contributed by atoms with Gasteiger partial charge >= 0.3 is 0 Å². The second kappa shape index (κ2) is 4.57. The van der Waals surface area contributed by atoms with Gasteiger partial charge in [0.25, 0.3) is 0 Å². The summed E-state index contributed by atoms with van der Waals surface area (Å²) in [6, 6.07) is 0. The van der Waals surface area contributed by atoms with Crippen LogP contribution in [0.15, 0.2) is 6.08 Å². The van der Waals surface area contributed by atoms with Gasteiger partial charge < -0.3 is 5.11 Å². The highest BCUT2D eigenvalue weighted by Crippen LogP contribution is 2.12. The summed E-state index contributed by atoms with van der Waals surface area (Å²) >= 11 is 0. The molecule has 0 aromatic heterocycles. The van der Waals surface area contributed by atoms with Gasteiger partial charge in [-0.2, -0.15) is 0 Å². The maximum Gasteiger partial charge on any atom is 0.0543 e. The van der Waals surface area contributed by atoms with Gasteiger partial charge in [-0.25, -0.2) is 0 Å². The summed E-state index contributed by atoms with van der Waals surface area (Å²) in [5.41, 5.74) is 0. The second-order valence-electron chi connectivity index (χ2n) is 2.38. The number of aliphatic hydroxyl groups excluding tert-OH is 1. The minimum absolute atomic E-state index is 0.227. The first-order valence-electron chi connectivity index (χ1n) is 3.43. The molecule has 0 heterocycles. The number of hydrogen-bond acceptors (Lipinski definition) is 1. The fraction of sp³-hybridized carbons (Fsp3) is 0.750. The van der Waals surface area contributed by atoms with E-state index in [1.165, 1.54) is 0 Å². The van der Waals surface area contributed by atoms with Crippen molar-refractivity contribution in [3.05, 3.63) is 12.7 Å². The highest BCUT2D eigenvalue weighted by Gasteiger charge is 2.09. The van der Waals surface area contributed by atoms with E-state index in [-0.39, 0.29) is 6.10 Å². The molecule has 9 heavy (non-hydrogen) atoms. The van der Waals surface area contributed by atoms with Crippen LogP contribution in [-0.4, -0.2) is 11.2 Å². The van der Waals surface area contributed by atoms with Crippen LogP contribution in [0.2, 0.25) is 0 Å². The molecule has 0 aliphatic heterocycles. The molecule has 0 fully saturated rings. The van der Waals surface area contributed by atoms with E-state index < -0.39 is 0 Å². The van der Waals surface area contributed by atoms with E-state index in [1.807, 2.05) is 0 Å². The summed E-state index contributed by atoms with van der Waals surface area (Å²) in [4.78, 5) is 0. The summed E-state index contributed by atoms with van der Waals surface area (Å²) in [6.45, 7) is 9.07. The third kappa shape index (κ3) is 3.31. The fourth-order valence-corrected chi connectivity index (χ4v) is 0.880. The monoisotopic (exact) mass is 127 g/mol. The van der Waals surface area contributed by atoms with Crippen molar-refractivity contribution in [1.82, 2.24) is 0 Å². The molecule has 2 atom stereocenters. The first-order chi connectivity index (χ1) is 4.22. The Morgan fingerprint density at radius 3 is 2.33 bits per heavy atom. The summed E-state index contributed by atoms with van der Waals surface area (Å²) in [7, 11) is 0. The van der Waals surface area contributed by atoms with Gasteiger partial charge in [0, 0.05) is 0 Å². The standard InChI is InChI=1S/C8H15O/c1-4-6-8(5-2)7(3)9/h1,4,7-9H,5-6H2,2-3H3. The van der Waals surface area contributed by atoms with E-state index in [0.717, 1.165) is 12.8 Å². The Hall–Kier alpha value is -0.300. The van der Waals surface area contributed by atoms with Crippen molar-refractivity contribution in [2.75, 3.05) is 0 Å². The largest absolute Gasteiger partial charge is 0.393 e. The Balaban J connectivity index is 3.53. The van der Waals surface area contributed by atoms with Gasteiger partial charge in [0.15, 0.2) is 0 Å². The van der Waals surface area contributed by atoms with E-state index >= 15 is 0 Å². The highest BCUT2D eigenvalue weighted by atomic mass is 16.3. The van der Waals surface area contributed by atoms with Crippen LogP contribution in [0.3, 0.4) is 0 Å². The number of rotatable bonds is 4. The molecule has 1 heteroatoms. The van der Waals surface area contributed by atoms with Crippen LogP contribution >= 0.6 is 0 Å². The number of hydrogen-bond donors (Lipinski definition) is 1. The molecule has 0 bridgehead atoms. The van der Waals surface area contributed by atoms with Crippen molar-refractivity contribution in [3.8, 4) is 0 Å². The van der Waals surface area contributed by atoms with Gasteiger partial charge in [-0.15, -0.1) is 0 Å². The molecule has 0 saturated heterocycles. The second-order valence-corrected chi connectivity index (χ2v) is 2.38. The minimum Gasteiger partial charge on any atom is -0.393 e. The molecule has 0 saturated carbocycles. The number of aliphatic hydroxyl groups is 1. The van der Waals surface area contributed by atoms with E-state index in [0.29, 0.717) is 5.92 Å². The van der Waals surface area contributed by atoms with Crippen molar-refractivity contribution >= 4 is 0 Å². The topological polar surface area (TPSA) is 20.2 Å². The Morgan fingerprint density at radius 1 is 1.67 bits per heavy atom. The minimum atomic E-state index is -0.227. The third-order valence-electron chi connectivity index (χ3n) is 1.65. The third-order valence-corrected chi connectivity index (χ3v) is 1.65. The van der Waals surface area contributed by atoms with Crippen LogP contribution in [0, 0.1) is 12.5 Å². The molecule has 0 rings (SSSR count). The maximum atomic E-state index is 9.07. The molecule has 0 amide bonds. The Kier molecular flexibility index (Phi) is 4.41. The zero-order chi connectivity index (χ0) is 7.28. The molecule has 1 N–H and O–H groups in total. The highest BCUT2D eigenvalue weighted by molar-refractivity contribution is 4.72. The molecule has 0 aliphatic carbocycles. The zero-order valence-electron chi connectivity index (χ0n) is 6.17. The zero-order valence-corrected chi connectivity index (χ0v) is 6.17. The van der Waals surface area contributed by atoms with E-state index in [9.17, 15) is 0 Å². The van der Waals surface area contributed by atoms with Crippen LogP contribution in [0.25, 0.3) is 0 Å². The van der Waals surface area contributed by atoms with Crippen molar-refractivity contribution in [3.63, 3.8) is 0 Å². The van der Waals surface area contributed by atoms with Crippen molar-refractivity contribution < 1.29 is 5.11 Å². The summed E-state index contributed by atoms with van der Waals surface area (Å²) in [6.07, 6.45) is 3.19. The predicted molar refractivity (Wildman–Crippen MR) is 38.9 cm³/mol. The molecule has 2 unspecified atom stereocenters. The number of allylic oxidation sites excluding steroid dienone is 1. The lowest BCUT2D eigenvalue weighted by Crippen LogP contribution is -2.14. The first kappa shape index (κ1) is 8.70. The van der Waals surface area contributed by atoms with Crippen molar-refractivity contribution in [2.45, 2.75) is 32.8 Å². The lowest BCUT2D eigenvalue weighted by molar-refractivity contribution is 0.124. The predicted octanol–water partition coefficient (Wildman–Crippen LogP) is 1.77. The van der Waals surface area contributed by atoms with Gasteiger partial charge in [-0.05, 0) is 19.3 Å². The van der Waals surface area contributed by atoms with Crippen LogP contribution in [0.4, 0.5) is 0 Å². The van der Waals surface area contributed by atoms with Crippen molar-refractivity contribution in [2.24, 2.45) is 5.92 Å². The average molecular weight is 127 g/mol. The van der Waals surface area contributed by atoms with Gasteiger partial charge in [0.1, 0.15) is 0 Å². The lowest BCUT2D eigenvalue weighted by atomic mass is 9.97. The lowest BCUT2D eigenvalue weighted by Gasteiger charge is -2.14. The molecule has 1 radical (unpaired) electrons. The smallest absolute Gasteiger partial charge is 0.0543 e. The molecule has 53 valence electrons. The van der Waals surface area contributed by atoms with E-state index in [4.69, 9.17) is 11.7 Å². The average Bonchev–Trinajstić information content (AvgIpc) is 1.82. The molecule has 0 aromatic rings. The molecule has 0 aliphatic rings. The van der Waals surface area contributed by atoms with Gasteiger partial charge in [-0.1, -0.05) is 26.0 Å². The van der Waals surface area contributed by atoms with Crippen LogP contribution in [0.1, 0.15) is 26.7 Å². The fourth-order valence-electron chi connectivity index (χ4n) is 0.880. The quantitative estimate of drug-likeness (QED) is 0.610. The van der Waals surface area contributed by atoms with E-state index in [2.05, 4.69) is 6.92 Å². The molecule has 0 aromatic carbocycles. The summed E-state index contributed by atoms with van der Waals surface area (Å²) in [5, 5.41) is 9.07. The van der Waals surface area contributed by atoms with Crippen LogP contribution < -0.4 is 0 Å². The van der Waals surface area contributed by atoms with Gasteiger partial charge in [0.05, 0.1) is 6.10 Å². The molecule has 0 spiro atoms. The molecular formula is C8H15O. The summed E-state index contributed by atoms with van der Waals surface area (Å²) < 4.78 is 0. The normalized spacial score (nSPS) is 16.8. The Bertz CT molecular complexity index is 76.6. The first-order valence-corrected chi connectivity index (χ1v) is 3.43. The van der Waals surface area contributed by atoms with Gasteiger partial charge in [0.2, 0.25) is 0 Å². The van der Waals surface area contributed by atoms with Crippen LogP contribution in [0.5, 0.6) is 0 Å². The Labute approximate surface area is 57.4 Å². The SMILES string of the molecule is [CH]=CCC(CC)C(C)O. The van der Waals surface area contributed by atoms with Gasteiger partial charge in [-0.3, -0.25) is 0 Å². The summed E-state index contributed by atoms with van der Waals surface area (Å²) in [5.74, 6) is 0.343. The van der Waals surface area contributed by atoms with Crippen molar-refractivity contribution in [1.29, 1.82) is 0 Å². The molecular weight excluding hydrogens is 112 g/mol. The Morgan fingerprint density at radius 2 is 2.22 bits per heavy atom. The van der Waals surface area contributed by atoms with Crippen LogP contribution in [-0.2, 0) is 0 Å². The van der Waals surface area contributed by atoms with E-state index in [1.54, 1.807) is 13.0 Å². The maximum absolute atomic E-state index is 9.07.